The van der Waals surface area contributed by atoms with E-state index in [0.717, 1.165) is 4.90 Å². The van der Waals surface area contributed by atoms with Gasteiger partial charge in [0.2, 0.25) is 11.8 Å². The van der Waals surface area contributed by atoms with Crippen LogP contribution in [0.4, 0.5) is 4.79 Å². The van der Waals surface area contributed by atoms with Crippen molar-refractivity contribution in [2.24, 2.45) is 0 Å². The summed E-state index contributed by atoms with van der Waals surface area (Å²) in [5, 5.41) is 13.2. The average molecular weight is 257 g/mol. The van der Waals surface area contributed by atoms with Crippen LogP contribution in [0.3, 0.4) is 0 Å². The van der Waals surface area contributed by atoms with Gasteiger partial charge >= 0.3 is 12.0 Å². The molecule has 1 heterocycles. The number of carbonyl (C=O) groups excluding carboxylic acids is 3. The van der Waals surface area contributed by atoms with Gasteiger partial charge in [-0.1, -0.05) is 6.92 Å². The molecule has 0 bridgehead atoms. The number of aliphatic carboxylic acids is 1. The van der Waals surface area contributed by atoms with Crippen molar-refractivity contribution in [2.45, 2.75) is 32.4 Å². The summed E-state index contributed by atoms with van der Waals surface area (Å²) < 4.78 is 0. The number of hydrogen-bond donors (Lipinski definition) is 3. The first kappa shape index (κ1) is 13.9. The smallest absolute Gasteiger partial charge is 0.326 e. The summed E-state index contributed by atoms with van der Waals surface area (Å²) in [6.07, 6.45) is 0.212. The molecule has 0 saturated carbocycles. The summed E-state index contributed by atoms with van der Waals surface area (Å²) >= 11 is 0. The van der Waals surface area contributed by atoms with E-state index in [2.05, 4.69) is 10.6 Å². The zero-order chi connectivity index (χ0) is 13.9. The first-order chi connectivity index (χ1) is 8.36. The van der Waals surface area contributed by atoms with Gasteiger partial charge < -0.3 is 15.3 Å². The van der Waals surface area contributed by atoms with Crippen molar-refractivity contribution in [3.8, 4) is 0 Å². The monoisotopic (exact) mass is 257 g/mol. The molecule has 4 amide bonds. The lowest BCUT2D eigenvalue weighted by atomic mass is 10.2. The summed E-state index contributed by atoms with van der Waals surface area (Å²) in [5.74, 6) is -2.33. The standard InChI is InChI=1S/C10H15N3O5/c1-3-6(9(16)17)11-10(18)13-4-7(14)12-8(15)5(13)2/h5-6H,3-4H2,1-2H3,(H,11,18)(H,16,17)(H,12,14,15)/t5?,6-/m1/s1. The van der Waals surface area contributed by atoms with E-state index in [1.54, 1.807) is 6.92 Å². The van der Waals surface area contributed by atoms with E-state index in [0.29, 0.717) is 0 Å². The molecule has 0 aliphatic carbocycles. The predicted octanol–water partition coefficient (Wildman–Crippen LogP) is -1.09. The van der Waals surface area contributed by atoms with Gasteiger partial charge in [0, 0.05) is 0 Å². The highest BCUT2D eigenvalue weighted by molar-refractivity contribution is 6.04. The molecular weight excluding hydrogens is 242 g/mol. The average Bonchev–Trinajstić information content (AvgIpc) is 2.29. The predicted molar refractivity (Wildman–Crippen MR) is 59.6 cm³/mol. The molecule has 8 heteroatoms. The molecule has 1 fully saturated rings. The molecule has 8 nitrogen and oxygen atoms in total. The molecule has 0 spiro atoms. The number of hydrogen-bond acceptors (Lipinski definition) is 4. The Morgan fingerprint density at radius 3 is 2.67 bits per heavy atom. The normalized spacial score (nSPS) is 21.2. The largest absolute Gasteiger partial charge is 0.480 e. The van der Waals surface area contributed by atoms with Crippen LogP contribution in [0.5, 0.6) is 0 Å². The number of carboxylic acid groups (broad SMARTS) is 1. The van der Waals surface area contributed by atoms with Gasteiger partial charge in [-0.2, -0.15) is 0 Å². The number of carbonyl (C=O) groups is 4. The van der Waals surface area contributed by atoms with Gasteiger partial charge in [0.05, 0.1) is 0 Å². The zero-order valence-corrected chi connectivity index (χ0v) is 10.1. The van der Waals surface area contributed by atoms with Gasteiger partial charge in [0.1, 0.15) is 18.6 Å². The van der Waals surface area contributed by atoms with Crippen molar-refractivity contribution in [3.05, 3.63) is 0 Å². The molecule has 0 radical (unpaired) electrons. The second kappa shape index (κ2) is 5.48. The van der Waals surface area contributed by atoms with Gasteiger partial charge in [0.25, 0.3) is 0 Å². The van der Waals surface area contributed by atoms with Crippen LogP contribution in [-0.4, -0.2) is 52.4 Å². The highest BCUT2D eigenvalue weighted by Gasteiger charge is 2.34. The SMILES string of the molecule is CC[C@@H](NC(=O)N1CC(=O)NC(=O)C1C)C(=O)O. The number of nitrogens with one attached hydrogen (secondary N) is 2. The molecule has 1 unspecified atom stereocenters. The number of piperazine rings is 1. The van der Waals surface area contributed by atoms with E-state index in [4.69, 9.17) is 5.11 Å². The lowest BCUT2D eigenvalue weighted by Crippen LogP contribution is -2.61. The lowest BCUT2D eigenvalue weighted by molar-refractivity contribution is -0.139. The van der Waals surface area contributed by atoms with E-state index >= 15 is 0 Å². The number of imide groups is 1. The number of rotatable bonds is 3. The van der Waals surface area contributed by atoms with Gasteiger partial charge in [-0.15, -0.1) is 0 Å². The fourth-order valence-electron chi connectivity index (χ4n) is 1.53. The Balaban J connectivity index is 2.73. The maximum atomic E-state index is 11.8. The summed E-state index contributed by atoms with van der Waals surface area (Å²) in [6.45, 7) is 2.80. The second-order valence-corrected chi connectivity index (χ2v) is 3.96. The lowest BCUT2D eigenvalue weighted by Gasteiger charge is -2.32. The van der Waals surface area contributed by atoms with Crippen LogP contribution in [0, 0.1) is 0 Å². The molecule has 1 rings (SSSR count). The van der Waals surface area contributed by atoms with E-state index < -0.39 is 35.9 Å². The quantitative estimate of drug-likeness (QED) is 0.555. The molecular formula is C10H15N3O5. The molecule has 0 aromatic rings. The van der Waals surface area contributed by atoms with E-state index in [1.807, 2.05) is 0 Å². The number of nitrogens with zero attached hydrogens (tertiary/aromatic N) is 1. The van der Waals surface area contributed by atoms with Crippen LogP contribution in [0.25, 0.3) is 0 Å². The third-order valence-corrected chi connectivity index (χ3v) is 2.69. The summed E-state index contributed by atoms with van der Waals surface area (Å²) in [5.41, 5.74) is 0. The van der Waals surface area contributed by atoms with Crippen LogP contribution in [-0.2, 0) is 14.4 Å². The molecule has 0 aromatic carbocycles. The van der Waals surface area contributed by atoms with E-state index in [1.165, 1.54) is 6.92 Å². The highest BCUT2D eigenvalue weighted by atomic mass is 16.4. The Morgan fingerprint density at radius 1 is 1.56 bits per heavy atom. The van der Waals surface area contributed by atoms with E-state index in [-0.39, 0.29) is 13.0 Å². The molecule has 1 aliphatic heterocycles. The van der Waals surface area contributed by atoms with E-state index in [9.17, 15) is 19.2 Å². The molecule has 1 saturated heterocycles. The van der Waals surface area contributed by atoms with Gasteiger partial charge in [0.15, 0.2) is 0 Å². The Bertz CT molecular complexity index is 395. The Labute approximate surface area is 103 Å². The van der Waals surface area contributed by atoms with Crippen molar-refractivity contribution in [2.75, 3.05) is 6.54 Å². The third kappa shape index (κ3) is 2.96. The number of carboxylic acids is 1. The van der Waals surface area contributed by atoms with Crippen LogP contribution in [0.1, 0.15) is 20.3 Å². The number of urea groups is 1. The molecule has 3 N–H and O–H groups in total. The maximum Gasteiger partial charge on any atom is 0.326 e. The maximum absolute atomic E-state index is 11.8. The van der Waals surface area contributed by atoms with Crippen molar-refractivity contribution in [3.63, 3.8) is 0 Å². The van der Waals surface area contributed by atoms with Crippen LogP contribution < -0.4 is 10.6 Å². The first-order valence-corrected chi connectivity index (χ1v) is 5.50. The zero-order valence-electron chi connectivity index (χ0n) is 10.1. The minimum atomic E-state index is -1.16. The summed E-state index contributed by atoms with van der Waals surface area (Å²) in [7, 11) is 0. The van der Waals surface area contributed by atoms with Gasteiger partial charge in [-0.25, -0.2) is 9.59 Å². The fraction of sp³-hybridized carbons (Fsp3) is 0.600. The molecule has 1 aliphatic rings. The minimum Gasteiger partial charge on any atom is -0.480 e. The highest BCUT2D eigenvalue weighted by Crippen LogP contribution is 2.06. The number of amides is 4. The Kier molecular flexibility index (Phi) is 4.24. The molecule has 2 atom stereocenters. The Hall–Kier alpha value is -2.12. The summed E-state index contributed by atoms with van der Waals surface area (Å²) in [6, 6.07) is -2.58. The Morgan fingerprint density at radius 2 is 2.17 bits per heavy atom. The van der Waals surface area contributed by atoms with Gasteiger partial charge in [-0.3, -0.25) is 14.9 Å². The molecule has 100 valence electrons. The molecule has 0 aromatic heterocycles. The van der Waals surface area contributed by atoms with Crippen molar-refractivity contribution < 1.29 is 24.3 Å². The fourth-order valence-corrected chi connectivity index (χ4v) is 1.53. The molecule has 18 heavy (non-hydrogen) atoms. The van der Waals surface area contributed by atoms with Crippen LogP contribution in [0.2, 0.25) is 0 Å². The van der Waals surface area contributed by atoms with Crippen molar-refractivity contribution in [1.29, 1.82) is 0 Å². The van der Waals surface area contributed by atoms with Crippen LogP contribution >= 0.6 is 0 Å². The third-order valence-electron chi connectivity index (χ3n) is 2.69. The van der Waals surface area contributed by atoms with Crippen molar-refractivity contribution in [1.82, 2.24) is 15.5 Å². The summed E-state index contributed by atoms with van der Waals surface area (Å²) in [4.78, 5) is 46.1. The second-order valence-electron chi connectivity index (χ2n) is 3.96. The van der Waals surface area contributed by atoms with Crippen molar-refractivity contribution >= 4 is 23.8 Å². The minimum absolute atomic E-state index is 0.212. The first-order valence-electron chi connectivity index (χ1n) is 5.50. The van der Waals surface area contributed by atoms with Crippen LogP contribution in [0.15, 0.2) is 0 Å². The van der Waals surface area contributed by atoms with Gasteiger partial charge in [-0.05, 0) is 13.3 Å². The topological polar surface area (TPSA) is 116 Å².